The molecule has 0 saturated carbocycles. The van der Waals surface area contributed by atoms with Gasteiger partial charge in [-0.2, -0.15) is 5.10 Å². The Kier molecular flexibility index (Phi) is 4.75. The zero-order valence-corrected chi connectivity index (χ0v) is 12.5. The first kappa shape index (κ1) is 15.3. The molecule has 2 rings (SSSR count). The number of benzene rings is 1. The van der Waals surface area contributed by atoms with Crippen molar-refractivity contribution in [3.63, 3.8) is 0 Å². The standard InChI is InChI=1S/C16H22N4O/c1-16(2,12-17)19-15(21)9-8-13-10-18-20(11-13)14-6-4-3-5-7-14/h3-7,10-11H,8-9,12,17H2,1-2H3,(H,19,21). The molecule has 1 aromatic carbocycles. The maximum atomic E-state index is 11.9. The first-order chi connectivity index (χ1) is 10.00. The number of aryl methyl sites for hydroxylation is 1. The zero-order chi connectivity index (χ0) is 15.3. The highest BCUT2D eigenvalue weighted by molar-refractivity contribution is 5.77. The van der Waals surface area contributed by atoms with E-state index < -0.39 is 0 Å². The lowest BCUT2D eigenvalue weighted by Gasteiger charge is -2.24. The maximum Gasteiger partial charge on any atom is 0.220 e. The van der Waals surface area contributed by atoms with E-state index in [9.17, 15) is 4.79 Å². The van der Waals surface area contributed by atoms with Crippen LogP contribution < -0.4 is 11.1 Å². The van der Waals surface area contributed by atoms with E-state index in [1.807, 2.05) is 55.1 Å². The monoisotopic (exact) mass is 286 g/mol. The van der Waals surface area contributed by atoms with Gasteiger partial charge < -0.3 is 11.1 Å². The van der Waals surface area contributed by atoms with E-state index in [4.69, 9.17) is 5.73 Å². The summed E-state index contributed by atoms with van der Waals surface area (Å²) in [5.74, 6) is 0.0120. The summed E-state index contributed by atoms with van der Waals surface area (Å²) in [5.41, 5.74) is 7.30. The summed E-state index contributed by atoms with van der Waals surface area (Å²) >= 11 is 0. The molecule has 5 nitrogen and oxygen atoms in total. The number of carbonyl (C=O) groups is 1. The minimum atomic E-state index is -0.356. The van der Waals surface area contributed by atoms with Gasteiger partial charge in [-0.15, -0.1) is 0 Å². The molecule has 0 fully saturated rings. The smallest absolute Gasteiger partial charge is 0.220 e. The number of aromatic nitrogens is 2. The van der Waals surface area contributed by atoms with Crippen LogP contribution in [0.2, 0.25) is 0 Å². The molecule has 5 heteroatoms. The summed E-state index contributed by atoms with van der Waals surface area (Å²) in [7, 11) is 0. The second-order valence-corrected chi connectivity index (χ2v) is 5.76. The third-order valence-corrected chi connectivity index (χ3v) is 3.29. The van der Waals surface area contributed by atoms with Crippen LogP contribution in [0.15, 0.2) is 42.7 Å². The molecule has 0 atom stereocenters. The maximum absolute atomic E-state index is 11.9. The van der Waals surface area contributed by atoms with Gasteiger partial charge in [0.05, 0.1) is 11.9 Å². The second-order valence-electron chi connectivity index (χ2n) is 5.76. The number of amides is 1. The molecule has 1 amide bonds. The third-order valence-electron chi connectivity index (χ3n) is 3.29. The van der Waals surface area contributed by atoms with Gasteiger partial charge in [0.15, 0.2) is 0 Å². The Morgan fingerprint density at radius 3 is 2.71 bits per heavy atom. The Hall–Kier alpha value is -2.14. The normalized spacial score (nSPS) is 11.4. The number of rotatable bonds is 6. The molecule has 0 aliphatic rings. The highest BCUT2D eigenvalue weighted by Gasteiger charge is 2.17. The Morgan fingerprint density at radius 1 is 1.33 bits per heavy atom. The van der Waals surface area contributed by atoms with Crippen molar-refractivity contribution in [2.24, 2.45) is 5.73 Å². The van der Waals surface area contributed by atoms with Crippen molar-refractivity contribution >= 4 is 5.91 Å². The quantitative estimate of drug-likeness (QED) is 0.848. The van der Waals surface area contributed by atoms with Gasteiger partial charge >= 0.3 is 0 Å². The molecule has 21 heavy (non-hydrogen) atoms. The molecule has 0 unspecified atom stereocenters. The fourth-order valence-electron chi connectivity index (χ4n) is 1.96. The van der Waals surface area contributed by atoms with Crippen LogP contribution in [0.25, 0.3) is 5.69 Å². The average Bonchev–Trinajstić information content (AvgIpc) is 2.95. The lowest BCUT2D eigenvalue weighted by atomic mass is 10.1. The molecule has 0 radical (unpaired) electrons. The Morgan fingerprint density at radius 2 is 2.05 bits per heavy atom. The van der Waals surface area contributed by atoms with Crippen molar-refractivity contribution in [3.05, 3.63) is 48.3 Å². The summed E-state index contributed by atoms with van der Waals surface area (Å²) in [6, 6.07) is 9.90. The molecule has 0 spiro atoms. The van der Waals surface area contributed by atoms with Gasteiger partial charge in [0, 0.05) is 24.7 Å². The third kappa shape index (κ3) is 4.43. The van der Waals surface area contributed by atoms with E-state index in [0.717, 1.165) is 11.3 Å². The first-order valence-corrected chi connectivity index (χ1v) is 7.10. The highest BCUT2D eigenvalue weighted by Crippen LogP contribution is 2.09. The van der Waals surface area contributed by atoms with Gasteiger partial charge in [0.2, 0.25) is 5.91 Å². The van der Waals surface area contributed by atoms with Crippen LogP contribution in [0.3, 0.4) is 0 Å². The van der Waals surface area contributed by atoms with Gasteiger partial charge in [-0.3, -0.25) is 4.79 Å². The number of para-hydroxylation sites is 1. The molecule has 0 bridgehead atoms. The topological polar surface area (TPSA) is 72.9 Å². The van der Waals surface area contributed by atoms with E-state index in [2.05, 4.69) is 10.4 Å². The lowest BCUT2D eigenvalue weighted by molar-refractivity contribution is -0.122. The number of hydrogen-bond acceptors (Lipinski definition) is 3. The number of carbonyl (C=O) groups excluding carboxylic acids is 1. The van der Waals surface area contributed by atoms with E-state index in [1.54, 1.807) is 6.20 Å². The summed E-state index contributed by atoms with van der Waals surface area (Å²) in [4.78, 5) is 11.9. The predicted octanol–water partition coefficient (Wildman–Crippen LogP) is 1.66. The van der Waals surface area contributed by atoms with Crippen molar-refractivity contribution in [3.8, 4) is 5.69 Å². The van der Waals surface area contributed by atoms with Crippen LogP contribution in [0, 0.1) is 0 Å². The van der Waals surface area contributed by atoms with Crippen LogP contribution in [-0.4, -0.2) is 27.8 Å². The molecule has 1 heterocycles. The molecule has 0 aliphatic heterocycles. The highest BCUT2D eigenvalue weighted by atomic mass is 16.1. The average molecular weight is 286 g/mol. The van der Waals surface area contributed by atoms with Crippen LogP contribution >= 0.6 is 0 Å². The van der Waals surface area contributed by atoms with Gasteiger partial charge in [0.1, 0.15) is 0 Å². The van der Waals surface area contributed by atoms with Crippen LogP contribution in [-0.2, 0) is 11.2 Å². The lowest BCUT2D eigenvalue weighted by Crippen LogP contribution is -2.48. The minimum Gasteiger partial charge on any atom is -0.350 e. The largest absolute Gasteiger partial charge is 0.350 e. The van der Waals surface area contributed by atoms with Crippen LogP contribution in [0.5, 0.6) is 0 Å². The summed E-state index contributed by atoms with van der Waals surface area (Å²) in [5, 5.41) is 7.24. The summed E-state index contributed by atoms with van der Waals surface area (Å²) in [6.45, 7) is 4.25. The number of hydrogen-bond donors (Lipinski definition) is 2. The summed E-state index contributed by atoms with van der Waals surface area (Å²) < 4.78 is 1.82. The SMILES string of the molecule is CC(C)(CN)NC(=O)CCc1cnn(-c2ccccc2)c1. The van der Waals surface area contributed by atoms with Gasteiger partial charge in [-0.25, -0.2) is 4.68 Å². The van der Waals surface area contributed by atoms with E-state index >= 15 is 0 Å². The molecule has 3 N–H and O–H groups in total. The molecular formula is C16H22N4O. The summed E-state index contributed by atoms with van der Waals surface area (Å²) in [6.07, 6.45) is 4.86. The van der Waals surface area contributed by atoms with Gasteiger partial charge in [-0.1, -0.05) is 18.2 Å². The predicted molar refractivity (Wildman–Crippen MR) is 83.2 cm³/mol. The fraction of sp³-hybridized carbons (Fsp3) is 0.375. The van der Waals surface area contributed by atoms with E-state index in [1.165, 1.54) is 0 Å². The molecular weight excluding hydrogens is 264 g/mol. The Bertz CT molecular complexity index is 589. The van der Waals surface area contributed by atoms with Gasteiger partial charge in [-0.05, 0) is 38.0 Å². The first-order valence-electron chi connectivity index (χ1n) is 7.10. The van der Waals surface area contributed by atoms with Gasteiger partial charge in [0.25, 0.3) is 0 Å². The minimum absolute atomic E-state index is 0.0120. The molecule has 0 saturated heterocycles. The molecule has 2 aromatic rings. The number of nitrogens with one attached hydrogen (secondary N) is 1. The molecule has 0 aliphatic carbocycles. The Balaban J connectivity index is 1.90. The van der Waals surface area contributed by atoms with Crippen molar-refractivity contribution < 1.29 is 4.79 Å². The van der Waals surface area contributed by atoms with Crippen molar-refractivity contribution in [2.45, 2.75) is 32.2 Å². The van der Waals surface area contributed by atoms with E-state index in [-0.39, 0.29) is 11.4 Å². The van der Waals surface area contributed by atoms with Crippen molar-refractivity contribution in [1.82, 2.24) is 15.1 Å². The van der Waals surface area contributed by atoms with E-state index in [0.29, 0.717) is 19.4 Å². The number of nitrogens with two attached hydrogens (primary N) is 1. The zero-order valence-electron chi connectivity index (χ0n) is 12.5. The second kappa shape index (κ2) is 6.54. The van der Waals surface area contributed by atoms with Crippen molar-refractivity contribution in [1.29, 1.82) is 0 Å². The number of nitrogens with zero attached hydrogens (tertiary/aromatic N) is 2. The molecule has 112 valence electrons. The Labute approximate surface area is 125 Å². The fourth-order valence-corrected chi connectivity index (χ4v) is 1.96. The molecule has 1 aromatic heterocycles. The van der Waals surface area contributed by atoms with Crippen LogP contribution in [0.4, 0.5) is 0 Å². The van der Waals surface area contributed by atoms with Crippen LogP contribution in [0.1, 0.15) is 25.8 Å². The van der Waals surface area contributed by atoms with Crippen molar-refractivity contribution in [2.75, 3.05) is 6.54 Å².